The summed E-state index contributed by atoms with van der Waals surface area (Å²) >= 11 is 0. The van der Waals surface area contributed by atoms with Gasteiger partial charge in [0.15, 0.2) is 0 Å². The van der Waals surface area contributed by atoms with Crippen molar-refractivity contribution in [1.82, 2.24) is 4.90 Å². The average molecular weight is 250 g/mol. The number of methoxy groups -OCH3 is 1. The van der Waals surface area contributed by atoms with Gasteiger partial charge in [0.25, 0.3) is 0 Å². The number of nitrogens with one attached hydrogen (secondary N) is 1. The van der Waals surface area contributed by atoms with E-state index in [9.17, 15) is 4.79 Å². The molecule has 0 bridgehead atoms. The topological polar surface area (TPSA) is 41.6 Å². The predicted octanol–water partition coefficient (Wildman–Crippen LogP) is 3.09. The average Bonchev–Trinajstić information content (AvgIpc) is 2.27. The van der Waals surface area contributed by atoms with Crippen molar-refractivity contribution in [1.29, 1.82) is 0 Å². The molecule has 0 aliphatic heterocycles. The van der Waals surface area contributed by atoms with Gasteiger partial charge in [0.1, 0.15) is 5.75 Å². The molecule has 4 heteroatoms. The molecule has 0 spiro atoms. The van der Waals surface area contributed by atoms with Gasteiger partial charge in [-0.15, -0.1) is 0 Å². The number of benzene rings is 1. The van der Waals surface area contributed by atoms with Crippen molar-refractivity contribution in [3.8, 4) is 5.75 Å². The van der Waals surface area contributed by atoms with Crippen LogP contribution < -0.4 is 10.1 Å². The zero-order valence-corrected chi connectivity index (χ0v) is 12.0. The maximum absolute atomic E-state index is 11.6. The Hall–Kier alpha value is -1.71. The van der Waals surface area contributed by atoms with E-state index in [1.807, 2.05) is 18.2 Å². The lowest BCUT2D eigenvalue weighted by Gasteiger charge is -2.23. The van der Waals surface area contributed by atoms with Crippen LogP contribution in [0.1, 0.15) is 26.3 Å². The molecular weight excluding hydrogens is 228 g/mol. The van der Waals surface area contributed by atoms with Crippen molar-refractivity contribution in [2.24, 2.45) is 0 Å². The van der Waals surface area contributed by atoms with Crippen LogP contribution in [0, 0.1) is 0 Å². The molecule has 0 fully saturated rings. The molecule has 1 aromatic carbocycles. The lowest BCUT2D eigenvalue weighted by molar-refractivity contribution is 0.230. The van der Waals surface area contributed by atoms with Crippen LogP contribution in [-0.2, 0) is 5.41 Å². The van der Waals surface area contributed by atoms with Gasteiger partial charge in [-0.25, -0.2) is 4.79 Å². The Balaban J connectivity index is 3.08. The summed E-state index contributed by atoms with van der Waals surface area (Å²) < 4.78 is 5.36. The van der Waals surface area contributed by atoms with Crippen LogP contribution >= 0.6 is 0 Å². The number of carbonyl (C=O) groups is 1. The number of carbonyl (C=O) groups excluding carboxylic acids is 1. The first kappa shape index (κ1) is 14.4. The van der Waals surface area contributed by atoms with Gasteiger partial charge >= 0.3 is 6.03 Å². The molecule has 0 heterocycles. The number of amides is 2. The highest BCUT2D eigenvalue weighted by atomic mass is 16.5. The van der Waals surface area contributed by atoms with Crippen LogP contribution in [-0.4, -0.2) is 32.1 Å². The second-order valence-electron chi connectivity index (χ2n) is 5.49. The lowest BCUT2D eigenvalue weighted by Crippen LogP contribution is -2.27. The Labute approximate surface area is 109 Å². The molecule has 0 aliphatic rings. The molecule has 1 N–H and O–H groups in total. The highest BCUT2D eigenvalue weighted by Gasteiger charge is 2.19. The summed E-state index contributed by atoms with van der Waals surface area (Å²) in [5, 5.41) is 2.84. The van der Waals surface area contributed by atoms with Crippen molar-refractivity contribution >= 4 is 11.7 Å². The molecule has 0 saturated carbocycles. The third kappa shape index (κ3) is 3.39. The number of rotatable bonds is 2. The van der Waals surface area contributed by atoms with Gasteiger partial charge in [-0.2, -0.15) is 0 Å². The van der Waals surface area contributed by atoms with Gasteiger partial charge in [-0.05, 0) is 23.6 Å². The normalized spacial score (nSPS) is 11.0. The number of hydrogen-bond acceptors (Lipinski definition) is 2. The monoisotopic (exact) mass is 250 g/mol. The van der Waals surface area contributed by atoms with Gasteiger partial charge in [-0.3, -0.25) is 0 Å². The quantitative estimate of drug-likeness (QED) is 0.876. The summed E-state index contributed by atoms with van der Waals surface area (Å²) in [5.74, 6) is 0.838. The van der Waals surface area contributed by atoms with Crippen molar-refractivity contribution in [3.05, 3.63) is 23.8 Å². The predicted molar refractivity (Wildman–Crippen MR) is 74.4 cm³/mol. The second kappa shape index (κ2) is 5.29. The van der Waals surface area contributed by atoms with Crippen molar-refractivity contribution < 1.29 is 9.53 Å². The molecule has 4 nitrogen and oxygen atoms in total. The summed E-state index contributed by atoms with van der Waals surface area (Å²) in [6.45, 7) is 6.34. The van der Waals surface area contributed by atoms with Crippen LogP contribution in [0.15, 0.2) is 18.2 Å². The molecule has 0 atom stereocenters. The van der Waals surface area contributed by atoms with Crippen LogP contribution in [0.4, 0.5) is 10.5 Å². The highest BCUT2D eigenvalue weighted by Crippen LogP contribution is 2.33. The van der Waals surface area contributed by atoms with Crippen molar-refractivity contribution in [2.75, 3.05) is 26.5 Å². The van der Waals surface area contributed by atoms with E-state index >= 15 is 0 Å². The van der Waals surface area contributed by atoms with Crippen LogP contribution in [0.2, 0.25) is 0 Å². The first-order valence-electron chi connectivity index (χ1n) is 5.92. The summed E-state index contributed by atoms with van der Waals surface area (Å²) in [4.78, 5) is 13.1. The van der Waals surface area contributed by atoms with Gasteiger partial charge in [0, 0.05) is 25.3 Å². The SMILES string of the molecule is COc1ccc(NC(=O)N(C)C)cc1C(C)(C)C. The van der Waals surface area contributed by atoms with Crippen molar-refractivity contribution in [2.45, 2.75) is 26.2 Å². The number of nitrogens with zero attached hydrogens (tertiary/aromatic N) is 1. The Kier molecular flexibility index (Phi) is 4.22. The third-order valence-electron chi connectivity index (χ3n) is 2.66. The Morgan fingerprint density at radius 3 is 2.33 bits per heavy atom. The van der Waals surface area contributed by atoms with E-state index in [0.29, 0.717) is 0 Å². The van der Waals surface area contributed by atoms with E-state index in [4.69, 9.17) is 4.74 Å². The zero-order valence-electron chi connectivity index (χ0n) is 12.0. The Bertz CT molecular complexity index is 434. The lowest BCUT2D eigenvalue weighted by atomic mass is 9.86. The van der Waals surface area contributed by atoms with Gasteiger partial charge in [0.2, 0.25) is 0 Å². The number of ether oxygens (including phenoxy) is 1. The van der Waals surface area contributed by atoms with Gasteiger partial charge in [-0.1, -0.05) is 20.8 Å². The van der Waals surface area contributed by atoms with Crippen LogP contribution in [0.25, 0.3) is 0 Å². The maximum atomic E-state index is 11.6. The fourth-order valence-electron chi connectivity index (χ4n) is 1.61. The molecule has 100 valence electrons. The first-order chi connectivity index (χ1) is 8.25. The molecular formula is C14H22N2O2. The number of hydrogen-bond donors (Lipinski definition) is 1. The molecule has 2 amide bonds. The number of urea groups is 1. The largest absolute Gasteiger partial charge is 0.496 e. The summed E-state index contributed by atoms with van der Waals surface area (Å²) in [6, 6.07) is 5.54. The van der Waals surface area contributed by atoms with Gasteiger partial charge < -0.3 is 15.0 Å². The van der Waals surface area contributed by atoms with E-state index < -0.39 is 0 Å². The molecule has 0 radical (unpaired) electrons. The maximum Gasteiger partial charge on any atom is 0.321 e. The second-order valence-corrected chi connectivity index (χ2v) is 5.49. The minimum Gasteiger partial charge on any atom is -0.496 e. The van der Waals surface area contributed by atoms with E-state index in [2.05, 4.69) is 26.1 Å². The van der Waals surface area contributed by atoms with Crippen LogP contribution in [0.3, 0.4) is 0 Å². The van der Waals surface area contributed by atoms with E-state index in [0.717, 1.165) is 17.0 Å². The van der Waals surface area contributed by atoms with E-state index in [1.54, 1.807) is 21.2 Å². The smallest absolute Gasteiger partial charge is 0.321 e. The van der Waals surface area contributed by atoms with Crippen molar-refractivity contribution in [3.63, 3.8) is 0 Å². The Morgan fingerprint density at radius 2 is 1.89 bits per heavy atom. The zero-order chi connectivity index (χ0) is 13.9. The standard InChI is InChI=1S/C14H22N2O2/c1-14(2,3)11-9-10(7-8-12(11)18-6)15-13(17)16(4)5/h7-9H,1-6H3,(H,15,17). The molecule has 0 aromatic heterocycles. The summed E-state index contributed by atoms with van der Waals surface area (Å²) in [7, 11) is 5.08. The Morgan fingerprint density at radius 1 is 1.28 bits per heavy atom. The minimum absolute atomic E-state index is 0.0375. The highest BCUT2D eigenvalue weighted by molar-refractivity contribution is 5.89. The molecule has 0 saturated heterocycles. The van der Waals surface area contributed by atoms with E-state index in [1.165, 1.54) is 4.90 Å². The first-order valence-corrected chi connectivity index (χ1v) is 5.92. The minimum atomic E-state index is -0.139. The number of anilines is 1. The molecule has 0 aliphatic carbocycles. The summed E-state index contributed by atoms with van der Waals surface area (Å²) in [6.07, 6.45) is 0. The summed E-state index contributed by atoms with van der Waals surface area (Å²) in [5.41, 5.74) is 1.81. The van der Waals surface area contributed by atoms with E-state index in [-0.39, 0.29) is 11.4 Å². The fraction of sp³-hybridized carbons (Fsp3) is 0.500. The molecule has 18 heavy (non-hydrogen) atoms. The molecule has 1 rings (SSSR count). The van der Waals surface area contributed by atoms with Crippen LogP contribution in [0.5, 0.6) is 5.75 Å². The molecule has 0 unspecified atom stereocenters. The third-order valence-corrected chi connectivity index (χ3v) is 2.66. The fourth-order valence-corrected chi connectivity index (χ4v) is 1.61. The molecule has 1 aromatic rings. The van der Waals surface area contributed by atoms with Gasteiger partial charge in [0.05, 0.1) is 7.11 Å².